The Labute approximate surface area is 78.9 Å². The van der Waals surface area contributed by atoms with Crippen molar-refractivity contribution in [3.63, 3.8) is 0 Å². The third-order valence-electron chi connectivity index (χ3n) is 1.63. The molecule has 13 heavy (non-hydrogen) atoms. The van der Waals surface area contributed by atoms with Gasteiger partial charge < -0.3 is 5.32 Å². The number of rotatable bonds is 4. The van der Waals surface area contributed by atoms with Gasteiger partial charge in [0.15, 0.2) is 0 Å². The number of hydrogen-bond acceptors (Lipinski definition) is 3. The van der Waals surface area contributed by atoms with E-state index in [2.05, 4.69) is 35.7 Å². The topological polar surface area (TPSA) is 37.8 Å². The van der Waals surface area contributed by atoms with E-state index in [0.29, 0.717) is 5.92 Å². The quantitative estimate of drug-likeness (QED) is 0.760. The molecule has 0 amide bonds. The van der Waals surface area contributed by atoms with Gasteiger partial charge in [0.05, 0.1) is 0 Å². The minimum atomic E-state index is 0.612. The Morgan fingerprint density at radius 2 is 2.08 bits per heavy atom. The number of hydrogen-bond donors (Lipinski definition) is 1. The summed E-state index contributed by atoms with van der Waals surface area (Å²) in [5, 5.41) is 3.22. The van der Waals surface area contributed by atoms with Crippen LogP contribution in [-0.2, 0) is 0 Å². The van der Waals surface area contributed by atoms with Crippen molar-refractivity contribution in [1.29, 1.82) is 0 Å². The summed E-state index contributed by atoms with van der Waals surface area (Å²) in [6.45, 7) is 9.14. The van der Waals surface area contributed by atoms with Crippen LogP contribution in [0.25, 0.3) is 5.70 Å². The lowest BCUT2D eigenvalue weighted by atomic mass is 10.2. The zero-order valence-corrected chi connectivity index (χ0v) is 8.12. The number of nitrogens with one attached hydrogen (secondary N) is 1. The summed E-state index contributed by atoms with van der Waals surface area (Å²) in [5.74, 6) is 0.612. The summed E-state index contributed by atoms with van der Waals surface area (Å²) in [7, 11) is 0. The molecule has 0 saturated heterocycles. The average molecular weight is 177 g/mol. The van der Waals surface area contributed by atoms with Crippen LogP contribution in [-0.4, -0.2) is 16.5 Å². The molecule has 3 nitrogen and oxygen atoms in total. The van der Waals surface area contributed by atoms with Crippen LogP contribution in [0.1, 0.15) is 19.4 Å². The van der Waals surface area contributed by atoms with Gasteiger partial charge in [0.25, 0.3) is 0 Å². The minimum Gasteiger partial charge on any atom is -0.385 e. The summed E-state index contributed by atoms with van der Waals surface area (Å²) in [4.78, 5) is 7.84. The van der Waals surface area contributed by atoms with Gasteiger partial charge in [-0.25, -0.2) is 9.97 Å². The first-order valence-electron chi connectivity index (χ1n) is 4.38. The molecule has 0 fully saturated rings. The highest BCUT2D eigenvalue weighted by Gasteiger charge is 1.98. The lowest BCUT2D eigenvalue weighted by Gasteiger charge is -2.10. The normalized spacial score (nSPS) is 10.1. The predicted octanol–water partition coefficient (Wildman–Crippen LogP) is 1.69. The molecule has 70 valence electrons. The van der Waals surface area contributed by atoms with Gasteiger partial charge in [-0.15, -0.1) is 0 Å². The van der Waals surface area contributed by atoms with Crippen molar-refractivity contribution in [1.82, 2.24) is 15.3 Å². The van der Waals surface area contributed by atoms with Crippen LogP contribution in [0, 0.1) is 5.92 Å². The number of aromatic nitrogens is 2. The van der Waals surface area contributed by atoms with Crippen LogP contribution in [0.2, 0.25) is 0 Å². The Morgan fingerprint density at radius 1 is 1.46 bits per heavy atom. The van der Waals surface area contributed by atoms with Crippen molar-refractivity contribution in [3.05, 3.63) is 30.9 Å². The Bertz CT molecular complexity index is 267. The highest BCUT2D eigenvalue weighted by molar-refractivity contribution is 5.59. The van der Waals surface area contributed by atoms with Gasteiger partial charge in [-0.2, -0.15) is 0 Å². The maximum absolute atomic E-state index is 3.92. The highest BCUT2D eigenvalue weighted by atomic mass is 14.9. The standard InChI is InChI=1S/C10H15N3/c1-8(2)4-13-9(3)10-5-11-7-12-6-10/h5-8,13H,3-4H2,1-2H3. The van der Waals surface area contributed by atoms with Crippen molar-refractivity contribution < 1.29 is 0 Å². The third kappa shape index (κ3) is 3.23. The predicted molar refractivity (Wildman–Crippen MR) is 53.9 cm³/mol. The SMILES string of the molecule is C=C(NCC(C)C)c1cncnc1. The lowest BCUT2D eigenvalue weighted by molar-refractivity contribution is 0.618. The molecule has 1 aromatic rings. The number of nitrogens with zero attached hydrogens (tertiary/aromatic N) is 2. The van der Waals surface area contributed by atoms with E-state index in [0.717, 1.165) is 17.8 Å². The molecule has 0 saturated carbocycles. The molecule has 1 rings (SSSR count). The van der Waals surface area contributed by atoms with Crippen LogP contribution < -0.4 is 5.32 Å². The largest absolute Gasteiger partial charge is 0.385 e. The molecule has 1 N–H and O–H groups in total. The van der Waals surface area contributed by atoms with Gasteiger partial charge in [0.1, 0.15) is 6.33 Å². The van der Waals surface area contributed by atoms with E-state index in [1.54, 1.807) is 12.4 Å². The van der Waals surface area contributed by atoms with Crippen LogP contribution in [0.5, 0.6) is 0 Å². The van der Waals surface area contributed by atoms with E-state index in [4.69, 9.17) is 0 Å². The zero-order valence-electron chi connectivity index (χ0n) is 8.12. The molecule has 0 spiro atoms. The van der Waals surface area contributed by atoms with E-state index < -0.39 is 0 Å². The second-order valence-corrected chi connectivity index (χ2v) is 3.38. The van der Waals surface area contributed by atoms with E-state index in [1.165, 1.54) is 6.33 Å². The zero-order chi connectivity index (χ0) is 9.68. The van der Waals surface area contributed by atoms with Crippen molar-refractivity contribution in [3.8, 4) is 0 Å². The van der Waals surface area contributed by atoms with Gasteiger partial charge in [-0.3, -0.25) is 0 Å². The molecule has 0 aliphatic carbocycles. The van der Waals surface area contributed by atoms with Crippen molar-refractivity contribution in [2.24, 2.45) is 5.92 Å². The van der Waals surface area contributed by atoms with E-state index >= 15 is 0 Å². The highest BCUT2D eigenvalue weighted by Crippen LogP contribution is 2.05. The fourth-order valence-corrected chi connectivity index (χ4v) is 0.884. The molecule has 3 heteroatoms. The fraction of sp³-hybridized carbons (Fsp3) is 0.400. The van der Waals surface area contributed by atoms with Gasteiger partial charge >= 0.3 is 0 Å². The molecule has 0 aliphatic rings. The monoisotopic (exact) mass is 177 g/mol. The molecule has 0 aromatic carbocycles. The second-order valence-electron chi connectivity index (χ2n) is 3.38. The van der Waals surface area contributed by atoms with Crippen LogP contribution in [0.3, 0.4) is 0 Å². The van der Waals surface area contributed by atoms with Crippen molar-refractivity contribution in [2.75, 3.05) is 6.54 Å². The average Bonchev–Trinajstić information content (AvgIpc) is 2.15. The summed E-state index contributed by atoms with van der Waals surface area (Å²) in [6, 6.07) is 0. The van der Waals surface area contributed by atoms with Crippen molar-refractivity contribution in [2.45, 2.75) is 13.8 Å². The lowest BCUT2D eigenvalue weighted by Crippen LogP contribution is -2.17. The molecule has 1 heterocycles. The summed E-state index contributed by atoms with van der Waals surface area (Å²) >= 11 is 0. The van der Waals surface area contributed by atoms with Gasteiger partial charge in [-0.05, 0) is 5.92 Å². The van der Waals surface area contributed by atoms with Crippen LogP contribution >= 0.6 is 0 Å². The Balaban J connectivity index is 2.50. The second kappa shape index (κ2) is 4.60. The van der Waals surface area contributed by atoms with Gasteiger partial charge in [-0.1, -0.05) is 20.4 Å². The molecule has 0 radical (unpaired) electrons. The molecule has 0 aliphatic heterocycles. The maximum Gasteiger partial charge on any atom is 0.115 e. The first kappa shape index (κ1) is 9.71. The molecular weight excluding hydrogens is 162 g/mol. The van der Waals surface area contributed by atoms with Crippen LogP contribution in [0.4, 0.5) is 0 Å². The summed E-state index contributed by atoms with van der Waals surface area (Å²) in [6.07, 6.45) is 5.02. The minimum absolute atomic E-state index is 0.612. The van der Waals surface area contributed by atoms with Crippen LogP contribution in [0.15, 0.2) is 25.3 Å². The Kier molecular flexibility index (Phi) is 3.43. The maximum atomic E-state index is 3.92. The van der Waals surface area contributed by atoms with Crippen molar-refractivity contribution >= 4 is 5.70 Å². The van der Waals surface area contributed by atoms with E-state index in [9.17, 15) is 0 Å². The third-order valence-corrected chi connectivity index (χ3v) is 1.63. The van der Waals surface area contributed by atoms with Gasteiger partial charge in [0.2, 0.25) is 0 Å². The molecule has 1 aromatic heterocycles. The summed E-state index contributed by atoms with van der Waals surface area (Å²) < 4.78 is 0. The van der Waals surface area contributed by atoms with E-state index in [-0.39, 0.29) is 0 Å². The van der Waals surface area contributed by atoms with E-state index in [1.807, 2.05) is 0 Å². The first-order valence-corrected chi connectivity index (χ1v) is 4.38. The Hall–Kier alpha value is -1.38. The fourth-order valence-electron chi connectivity index (χ4n) is 0.884. The summed E-state index contributed by atoms with van der Waals surface area (Å²) in [5.41, 5.74) is 1.83. The molecule has 0 atom stereocenters. The van der Waals surface area contributed by atoms with Gasteiger partial charge in [0, 0.05) is 30.2 Å². The molecule has 0 unspecified atom stereocenters. The smallest absolute Gasteiger partial charge is 0.115 e. The molecule has 0 bridgehead atoms. The first-order chi connectivity index (χ1) is 6.20. The molecular formula is C10H15N3. The Morgan fingerprint density at radius 3 is 2.62 bits per heavy atom.